The fourth-order valence-electron chi connectivity index (χ4n) is 3.12. The van der Waals surface area contributed by atoms with Gasteiger partial charge >= 0.3 is 6.03 Å². The first kappa shape index (κ1) is 20.9. The van der Waals surface area contributed by atoms with E-state index in [1.807, 2.05) is 19.1 Å². The topological polar surface area (TPSA) is 94.2 Å². The third-order valence-corrected chi connectivity index (χ3v) is 4.70. The van der Waals surface area contributed by atoms with Gasteiger partial charge in [0.05, 0.1) is 27.0 Å². The van der Waals surface area contributed by atoms with Crippen molar-refractivity contribution in [2.45, 2.75) is 13.3 Å². The van der Waals surface area contributed by atoms with E-state index < -0.39 is 17.8 Å². The Hall–Kier alpha value is -3.81. The maximum Gasteiger partial charge on any atom is 0.335 e. The Balaban J connectivity index is 2.04. The second-order valence-corrected chi connectivity index (χ2v) is 6.44. The number of rotatable bonds is 6. The molecule has 1 aliphatic heterocycles. The van der Waals surface area contributed by atoms with Crippen LogP contribution in [0.4, 0.5) is 10.5 Å². The van der Waals surface area contributed by atoms with Gasteiger partial charge in [-0.3, -0.25) is 14.9 Å². The SMILES string of the molecule is CCc1ccc(N2C(=O)NC(=O)/C(=C\c3cc(OC)c(OC)c(OC)c3)C2=O)cc1. The zero-order valence-corrected chi connectivity index (χ0v) is 17.1. The predicted molar refractivity (Wildman–Crippen MR) is 111 cm³/mol. The van der Waals surface area contributed by atoms with Crippen LogP contribution in [0.2, 0.25) is 0 Å². The van der Waals surface area contributed by atoms with E-state index in [4.69, 9.17) is 14.2 Å². The minimum atomic E-state index is -0.795. The largest absolute Gasteiger partial charge is 0.493 e. The van der Waals surface area contributed by atoms with Crippen LogP contribution in [-0.2, 0) is 16.0 Å². The molecule has 30 heavy (non-hydrogen) atoms. The van der Waals surface area contributed by atoms with Crippen molar-refractivity contribution in [2.24, 2.45) is 0 Å². The van der Waals surface area contributed by atoms with Crippen molar-refractivity contribution in [1.29, 1.82) is 0 Å². The van der Waals surface area contributed by atoms with E-state index in [1.165, 1.54) is 27.4 Å². The smallest absolute Gasteiger partial charge is 0.335 e. The van der Waals surface area contributed by atoms with Gasteiger partial charge in [-0.2, -0.15) is 0 Å². The highest BCUT2D eigenvalue weighted by Crippen LogP contribution is 2.39. The fraction of sp³-hybridized carbons (Fsp3) is 0.227. The van der Waals surface area contributed by atoms with Crippen LogP contribution in [0.15, 0.2) is 42.0 Å². The highest BCUT2D eigenvalue weighted by molar-refractivity contribution is 6.39. The number of ether oxygens (including phenoxy) is 3. The zero-order valence-electron chi connectivity index (χ0n) is 17.1. The van der Waals surface area contributed by atoms with Crippen LogP contribution in [0.25, 0.3) is 6.08 Å². The number of anilines is 1. The molecule has 1 aliphatic rings. The molecule has 0 aromatic heterocycles. The summed E-state index contributed by atoms with van der Waals surface area (Å²) in [6.07, 6.45) is 2.20. The summed E-state index contributed by atoms with van der Waals surface area (Å²) in [6, 6.07) is 9.41. The quantitative estimate of drug-likeness (QED) is 0.581. The summed E-state index contributed by atoms with van der Waals surface area (Å²) in [5.41, 5.74) is 1.72. The molecule has 0 bridgehead atoms. The molecule has 4 amide bonds. The van der Waals surface area contributed by atoms with Gasteiger partial charge in [0.1, 0.15) is 5.57 Å². The van der Waals surface area contributed by atoms with Crippen LogP contribution in [0.5, 0.6) is 17.2 Å². The molecule has 1 fully saturated rings. The second kappa shape index (κ2) is 8.69. The van der Waals surface area contributed by atoms with Gasteiger partial charge in [0.2, 0.25) is 5.75 Å². The maximum absolute atomic E-state index is 13.0. The molecular formula is C22H22N2O6. The first-order valence-corrected chi connectivity index (χ1v) is 9.23. The summed E-state index contributed by atoms with van der Waals surface area (Å²) in [4.78, 5) is 38.7. The molecule has 8 heteroatoms. The first-order chi connectivity index (χ1) is 14.4. The molecule has 2 aromatic carbocycles. The van der Waals surface area contributed by atoms with Crippen molar-refractivity contribution in [3.8, 4) is 17.2 Å². The number of amides is 4. The first-order valence-electron chi connectivity index (χ1n) is 9.23. The van der Waals surface area contributed by atoms with Crippen LogP contribution < -0.4 is 24.4 Å². The Morgan fingerprint density at radius 1 is 0.933 bits per heavy atom. The lowest BCUT2D eigenvalue weighted by Crippen LogP contribution is -2.54. The molecule has 8 nitrogen and oxygen atoms in total. The Morgan fingerprint density at radius 2 is 1.53 bits per heavy atom. The minimum Gasteiger partial charge on any atom is -0.493 e. The van der Waals surface area contributed by atoms with Crippen LogP contribution in [0, 0.1) is 0 Å². The van der Waals surface area contributed by atoms with Gasteiger partial charge in [-0.15, -0.1) is 0 Å². The van der Waals surface area contributed by atoms with Gasteiger partial charge in [0, 0.05) is 0 Å². The van der Waals surface area contributed by atoms with Gasteiger partial charge < -0.3 is 14.2 Å². The summed E-state index contributed by atoms with van der Waals surface area (Å²) in [5, 5.41) is 2.21. The average molecular weight is 410 g/mol. The monoisotopic (exact) mass is 410 g/mol. The van der Waals surface area contributed by atoms with E-state index in [0.29, 0.717) is 28.5 Å². The Labute approximate surface area is 174 Å². The van der Waals surface area contributed by atoms with Gasteiger partial charge in [-0.25, -0.2) is 9.69 Å². The lowest BCUT2D eigenvalue weighted by Gasteiger charge is -2.26. The molecule has 0 unspecified atom stereocenters. The number of hydrogen-bond donors (Lipinski definition) is 1. The number of aryl methyl sites for hydroxylation is 1. The highest BCUT2D eigenvalue weighted by atomic mass is 16.5. The van der Waals surface area contributed by atoms with Crippen LogP contribution in [0.1, 0.15) is 18.1 Å². The summed E-state index contributed by atoms with van der Waals surface area (Å²) >= 11 is 0. The minimum absolute atomic E-state index is 0.191. The number of hydrogen-bond acceptors (Lipinski definition) is 6. The molecule has 0 spiro atoms. The molecule has 156 valence electrons. The van der Waals surface area contributed by atoms with Crippen molar-refractivity contribution in [1.82, 2.24) is 5.32 Å². The predicted octanol–water partition coefficient (Wildman–Crippen LogP) is 2.94. The third-order valence-electron chi connectivity index (χ3n) is 4.70. The lowest BCUT2D eigenvalue weighted by molar-refractivity contribution is -0.122. The van der Waals surface area contributed by atoms with Gasteiger partial charge in [0.15, 0.2) is 11.5 Å². The highest BCUT2D eigenvalue weighted by Gasteiger charge is 2.36. The molecule has 2 aromatic rings. The number of benzene rings is 2. The van der Waals surface area contributed by atoms with E-state index >= 15 is 0 Å². The third kappa shape index (κ3) is 3.84. The molecule has 0 atom stereocenters. The second-order valence-electron chi connectivity index (χ2n) is 6.44. The molecule has 0 radical (unpaired) electrons. The zero-order chi connectivity index (χ0) is 21.8. The number of imide groups is 2. The van der Waals surface area contributed by atoms with Gasteiger partial charge in [-0.05, 0) is 47.9 Å². The molecule has 0 saturated carbocycles. The van der Waals surface area contributed by atoms with Crippen molar-refractivity contribution >= 4 is 29.6 Å². The number of urea groups is 1. The van der Waals surface area contributed by atoms with E-state index in [0.717, 1.165) is 16.9 Å². The molecular weight excluding hydrogens is 388 g/mol. The normalized spacial score (nSPS) is 15.3. The molecule has 3 rings (SSSR count). The summed E-state index contributed by atoms with van der Waals surface area (Å²) in [7, 11) is 4.41. The molecule has 1 heterocycles. The number of barbiturate groups is 1. The van der Waals surface area contributed by atoms with Crippen LogP contribution >= 0.6 is 0 Å². The van der Waals surface area contributed by atoms with Crippen molar-refractivity contribution < 1.29 is 28.6 Å². The molecule has 1 N–H and O–H groups in total. The number of nitrogens with zero attached hydrogens (tertiary/aromatic N) is 1. The molecule has 1 saturated heterocycles. The Bertz CT molecular complexity index is 1000. The van der Waals surface area contributed by atoms with E-state index in [1.54, 1.807) is 24.3 Å². The summed E-state index contributed by atoms with van der Waals surface area (Å²) in [5.74, 6) is -0.373. The maximum atomic E-state index is 13.0. The lowest BCUT2D eigenvalue weighted by atomic mass is 10.1. The van der Waals surface area contributed by atoms with Crippen molar-refractivity contribution in [3.63, 3.8) is 0 Å². The Morgan fingerprint density at radius 3 is 2.03 bits per heavy atom. The van der Waals surface area contributed by atoms with Gasteiger partial charge in [0.25, 0.3) is 11.8 Å². The van der Waals surface area contributed by atoms with Crippen LogP contribution in [0.3, 0.4) is 0 Å². The fourth-order valence-corrected chi connectivity index (χ4v) is 3.12. The number of carbonyl (C=O) groups excluding carboxylic acids is 3. The van der Waals surface area contributed by atoms with E-state index in [9.17, 15) is 14.4 Å². The van der Waals surface area contributed by atoms with Crippen LogP contribution in [-0.4, -0.2) is 39.2 Å². The van der Waals surface area contributed by atoms with Crippen molar-refractivity contribution in [2.75, 3.05) is 26.2 Å². The van der Waals surface area contributed by atoms with Gasteiger partial charge in [-0.1, -0.05) is 19.1 Å². The Kier molecular flexibility index (Phi) is 6.06. The van der Waals surface area contributed by atoms with E-state index in [-0.39, 0.29) is 5.57 Å². The van der Waals surface area contributed by atoms with E-state index in [2.05, 4.69) is 5.32 Å². The van der Waals surface area contributed by atoms with Crippen molar-refractivity contribution in [3.05, 3.63) is 53.1 Å². The summed E-state index contributed by atoms with van der Waals surface area (Å²) < 4.78 is 15.9. The summed E-state index contributed by atoms with van der Waals surface area (Å²) in [6.45, 7) is 2.00. The molecule has 0 aliphatic carbocycles. The number of nitrogens with one attached hydrogen (secondary N) is 1. The number of methoxy groups -OCH3 is 3. The number of carbonyl (C=O) groups is 3. The standard InChI is InChI=1S/C22H22N2O6/c1-5-13-6-8-15(9-7-13)24-21(26)16(20(25)23-22(24)27)10-14-11-17(28-2)19(30-4)18(12-14)29-3/h6-12H,5H2,1-4H3,(H,23,25,27)/b16-10+. The average Bonchev–Trinajstić information content (AvgIpc) is 2.76.